The first kappa shape index (κ1) is 19.3. The van der Waals surface area contributed by atoms with E-state index in [2.05, 4.69) is 22.9 Å². The van der Waals surface area contributed by atoms with Gasteiger partial charge in [-0.25, -0.2) is 0 Å². The minimum atomic E-state index is -0.184. The molecule has 0 saturated carbocycles. The van der Waals surface area contributed by atoms with Crippen molar-refractivity contribution in [3.63, 3.8) is 0 Å². The number of amides is 2. The summed E-state index contributed by atoms with van der Waals surface area (Å²) in [6.07, 6.45) is 2.01. The average molecular weight is 355 g/mol. The van der Waals surface area contributed by atoms with Gasteiger partial charge in [-0.3, -0.25) is 9.59 Å². The Labute approximate surface area is 153 Å². The van der Waals surface area contributed by atoms with Crippen molar-refractivity contribution in [1.29, 1.82) is 0 Å². The molecule has 0 heterocycles. The molecule has 0 fully saturated rings. The predicted molar refractivity (Wildman–Crippen MR) is 104 cm³/mol. The van der Waals surface area contributed by atoms with Crippen molar-refractivity contribution >= 4 is 23.2 Å². The second-order valence-electron chi connectivity index (χ2n) is 5.79. The summed E-state index contributed by atoms with van der Waals surface area (Å²) in [6, 6.07) is 14.3. The van der Waals surface area contributed by atoms with Gasteiger partial charge in [0.1, 0.15) is 5.75 Å². The van der Waals surface area contributed by atoms with Crippen LogP contribution >= 0.6 is 0 Å². The summed E-state index contributed by atoms with van der Waals surface area (Å²) in [5.74, 6) is 0.342. The first-order valence-electron chi connectivity index (χ1n) is 8.69. The van der Waals surface area contributed by atoms with Crippen LogP contribution in [0.25, 0.3) is 0 Å². The van der Waals surface area contributed by atoms with Crippen molar-refractivity contribution in [2.24, 2.45) is 0 Å². The lowest BCUT2D eigenvalue weighted by molar-refractivity contribution is -0.114. The number of carbonyl (C=O) groups is 2. The molecule has 3 N–H and O–H groups in total. The van der Waals surface area contributed by atoms with Crippen molar-refractivity contribution in [1.82, 2.24) is 5.32 Å². The molecule has 0 aliphatic rings. The third kappa shape index (κ3) is 5.81. The number of hydrogen-bond donors (Lipinski definition) is 3. The SMILES string of the molecule is CCCCNC(=O)c1ccc(NCC(=O)Nc2ccccc2OC)cc1. The lowest BCUT2D eigenvalue weighted by atomic mass is 10.2. The van der Waals surface area contributed by atoms with Gasteiger partial charge in [-0.15, -0.1) is 0 Å². The molecule has 0 aromatic heterocycles. The minimum Gasteiger partial charge on any atom is -0.495 e. The number of ether oxygens (including phenoxy) is 1. The average Bonchev–Trinajstić information content (AvgIpc) is 2.67. The van der Waals surface area contributed by atoms with E-state index >= 15 is 0 Å². The third-order valence-corrected chi connectivity index (χ3v) is 3.80. The highest BCUT2D eigenvalue weighted by Crippen LogP contribution is 2.22. The van der Waals surface area contributed by atoms with Gasteiger partial charge < -0.3 is 20.7 Å². The molecule has 2 amide bonds. The van der Waals surface area contributed by atoms with Crippen LogP contribution in [0.5, 0.6) is 5.75 Å². The number of unbranched alkanes of at least 4 members (excludes halogenated alkanes) is 1. The Morgan fingerprint density at radius 3 is 2.46 bits per heavy atom. The van der Waals surface area contributed by atoms with Crippen molar-refractivity contribution in [3.05, 3.63) is 54.1 Å². The van der Waals surface area contributed by atoms with Crippen LogP contribution in [0.4, 0.5) is 11.4 Å². The molecule has 0 aliphatic heterocycles. The quantitative estimate of drug-likeness (QED) is 0.603. The van der Waals surface area contributed by atoms with Crippen LogP contribution in [0, 0.1) is 0 Å². The minimum absolute atomic E-state index is 0.0843. The van der Waals surface area contributed by atoms with Crippen LogP contribution in [0.2, 0.25) is 0 Å². The summed E-state index contributed by atoms with van der Waals surface area (Å²) in [5, 5.41) is 8.71. The van der Waals surface area contributed by atoms with E-state index < -0.39 is 0 Å². The fourth-order valence-electron chi connectivity index (χ4n) is 2.34. The summed E-state index contributed by atoms with van der Waals surface area (Å²) in [5.41, 5.74) is 2.00. The van der Waals surface area contributed by atoms with Gasteiger partial charge in [0.15, 0.2) is 0 Å². The van der Waals surface area contributed by atoms with Crippen LogP contribution in [-0.4, -0.2) is 32.0 Å². The van der Waals surface area contributed by atoms with Gasteiger partial charge in [0, 0.05) is 17.8 Å². The predicted octanol–water partition coefficient (Wildman–Crippen LogP) is 3.28. The van der Waals surface area contributed by atoms with E-state index in [0.717, 1.165) is 18.5 Å². The molecule has 6 nitrogen and oxygen atoms in total. The highest BCUT2D eigenvalue weighted by atomic mass is 16.5. The summed E-state index contributed by atoms with van der Waals surface area (Å²) >= 11 is 0. The maximum Gasteiger partial charge on any atom is 0.251 e. The van der Waals surface area contributed by atoms with E-state index in [4.69, 9.17) is 4.74 Å². The number of nitrogens with one attached hydrogen (secondary N) is 3. The smallest absolute Gasteiger partial charge is 0.251 e. The van der Waals surface area contributed by atoms with Crippen molar-refractivity contribution in [3.8, 4) is 5.75 Å². The van der Waals surface area contributed by atoms with E-state index in [9.17, 15) is 9.59 Å². The first-order valence-corrected chi connectivity index (χ1v) is 8.69. The Hall–Kier alpha value is -3.02. The number of hydrogen-bond acceptors (Lipinski definition) is 4. The molecular weight excluding hydrogens is 330 g/mol. The van der Waals surface area contributed by atoms with Gasteiger partial charge >= 0.3 is 0 Å². The Morgan fingerprint density at radius 1 is 1.04 bits per heavy atom. The molecule has 2 rings (SSSR count). The van der Waals surface area contributed by atoms with E-state index in [1.165, 1.54) is 0 Å². The van der Waals surface area contributed by atoms with Crippen LogP contribution in [0.15, 0.2) is 48.5 Å². The van der Waals surface area contributed by atoms with Gasteiger partial charge in [0.2, 0.25) is 5.91 Å². The molecule has 0 radical (unpaired) electrons. The van der Waals surface area contributed by atoms with Crippen LogP contribution in [0.3, 0.4) is 0 Å². The lowest BCUT2D eigenvalue weighted by Crippen LogP contribution is -2.24. The highest BCUT2D eigenvalue weighted by Gasteiger charge is 2.08. The highest BCUT2D eigenvalue weighted by molar-refractivity contribution is 5.96. The van der Waals surface area contributed by atoms with Crippen LogP contribution in [0.1, 0.15) is 30.1 Å². The zero-order valence-corrected chi connectivity index (χ0v) is 15.2. The molecule has 0 unspecified atom stereocenters. The Morgan fingerprint density at radius 2 is 1.77 bits per heavy atom. The fraction of sp³-hybridized carbons (Fsp3) is 0.300. The Kier molecular flexibility index (Phi) is 7.49. The number of anilines is 2. The fourth-order valence-corrected chi connectivity index (χ4v) is 2.34. The second-order valence-corrected chi connectivity index (χ2v) is 5.79. The number of carbonyl (C=O) groups excluding carboxylic acids is 2. The van der Waals surface area contributed by atoms with Gasteiger partial charge in [0.05, 0.1) is 19.3 Å². The topological polar surface area (TPSA) is 79.5 Å². The molecule has 0 saturated heterocycles. The van der Waals surface area contributed by atoms with Crippen molar-refractivity contribution in [2.45, 2.75) is 19.8 Å². The number of para-hydroxylation sites is 2. The van der Waals surface area contributed by atoms with Gasteiger partial charge in [-0.05, 0) is 42.8 Å². The maximum absolute atomic E-state index is 12.1. The second kappa shape index (κ2) is 10.1. The normalized spacial score (nSPS) is 10.1. The summed E-state index contributed by atoms with van der Waals surface area (Å²) < 4.78 is 5.21. The standard InChI is InChI=1S/C20H25N3O3/c1-3-4-13-21-20(25)15-9-11-16(12-10-15)22-14-19(24)23-17-7-5-6-8-18(17)26-2/h5-12,22H,3-4,13-14H2,1-2H3,(H,21,25)(H,23,24). The van der Waals surface area contributed by atoms with E-state index in [0.29, 0.717) is 23.5 Å². The van der Waals surface area contributed by atoms with Crippen molar-refractivity contribution in [2.75, 3.05) is 30.8 Å². The molecule has 26 heavy (non-hydrogen) atoms. The van der Waals surface area contributed by atoms with E-state index in [1.54, 1.807) is 43.5 Å². The summed E-state index contributed by atoms with van der Waals surface area (Å²) in [7, 11) is 1.56. The molecule has 2 aromatic rings. The molecule has 0 bridgehead atoms. The molecule has 138 valence electrons. The van der Waals surface area contributed by atoms with Crippen molar-refractivity contribution < 1.29 is 14.3 Å². The number of benzene rings is 2. The lowest BCUT2D eigenvalue weighted by Gasteiger charge is -2.11. The summed E-state index contributed by atoms with van der Waals surface area (Å²) in [4.78, 5) is 24.0. The molecular formula is C20H25N3O3. The van der Waals surface area contributed by atoms with Crippen LogP contribution < -0.4 is 20.7 Å². The van der Waals surface area contributed by atoms with E-state index in [-0.39, 0.29) is 18.4 Å². The monoisotopic (exact) mass is 355 g/mol. The molecule has 2 aromatic carbocycles. The van der Waals surface area contributed by atoms with Gasteiger partial charge in [0.25, 0.3) is 5.91 Å². The number of methoxy groups -OCH3 is 1. The Balaban J connectivity index is 1.83. The zero-order valence-electron chi connectivity index (χ0n) is 15.2. The van der Waals surface area contributed by atoms with Gasteiger partial charge in [-0.1, -0.05) is 25.5 Å². The molecule has 0 aliphatic carbocycles. The largest absolute Gasteiger partial charge is 0.495 e. The first-order chi connectivity index (χ1) is 12.6. The van der Waals surface area contributed by atoms with Crippen LogP contribution in [-0.2, 0) is 4.79 Å². The number of rotatable bonds is 9. The third-order valence-electron chi connectivity index (χ3n) is 3.80. The molecule has 0 spiro atoms. The summed E-state index contributed by atoms with van der Waals surface area (Å²) in [6.45, 7) is 2.87. The molecule has 6 heteroatoms. The van der Waals surface area contributed by atoms with Gasteiger partial charge in [-0.2, -0.15) is 0 Å². The maximum atomic E-state index is 12.1. The molecule has 0 atom stereocenters. The zero-order chi connectivity index (χ0) is 18.8. The van der Waals surface area contributed by atoms with E-state index in [1.807, 2.05) is 12.1 Å². The Bertz CT molecular complexity index is 729.